The highest BCUT2D eigenvalue weighted by molar-refractivity contribution is 6.03. The van der Waals surface area contributed by atoms with Crippen molar-refractivity contribution in [3.63, 3.8) is 0 Å². The predicted octanol–water partition coefficient (Wildman–Crippen LogP) is 4.05. The number of nitrogens with zero attached hydrogens (tertiary/aromatic N) is 4. The van der Waals surface area contributed by atoms with Gasteiger partial charge < -0.3 is 19.5 Å². The summed E-state index contributed by atoms with van der Waals surface area (Å²) in [6, 6.07) is 23.8. The van der Waals surface area contributed by atoms with E-state index in [0.29, 0.717) is 29.7 Å². The maximum Gasteiger partial charge on any atom is 0.238 e. The number of para-hydroxylation sites is 1. The van der Waals surface area contributed by atoms with Crippen molar-refractivity contribution < 1.29 is 14.3 Å². The monoisotopic (exact) mass is 439 g/mol. The molecule has 1 aliphatic heterocycles. The third-order valence-corrected chi connectivity index (χ3v) is 5.40. The van der Waals surface area contributed by atoms with Crippen LogP contribution in [0.5, 0.6) is 11.6 Å². The van der Waals surface area contributed by atoms with Gasteiger partial charge in [0.2, 0.25) is 17.7 Å². The lowest BCUT2D eigenvalue weighted by atomic mass is 10.1. The van der Waals surface area contributed by atoms with Gasteiger partial charge in [-0.25, -0.2) is 0 Å². The summed E-state index contributed by atoms with van der Waals surface area (Å²) in [5.74, 6) is 1.01. The Morgan fingerprint density at radius 1 is 0.909 bits per heavy atom. The van der Waals surface area contributed by atoms with Crippen molar-refractivity contribution in [3.8, 4) is 17.4 Å². The maximum atomic E-state index is 12.7. The lowest BCUT2D eigenvalue weighted by Crippen LogP contribution is -2.28. The van der Waals surface area contributed by atoms with Gasteiger partial charge in [-0.15, -0.1) is 10.2 Å². The summed E-state index contributed by atoms with van der Waals surface area (Å²) in [7, 11) is 0. The smallest absolute Gasteiger partial charge is 0.238 e. The third kappa shape index (κ3) is 4.59. The summed E-state index contributed by atoms with van der Waals surface area (Å²) in [6.07, 6.45) is 3.97. The number of ether oxygens (including phenoxy) is 1. The lowest BCUT2D eigenvalue weighted by Gasteiger charge is -2.16. The summed E-state index contributed by atoms with van der Waals surface area (Å²) in [4.78, 5) is 26.7. The molecule has 0 saturated carbocycles. The number of hydrogen-bond acceptors (Lipinski definition) is 5. The van der Waals surface area contributed by atoms with E-state index in [-0.39, 0.29) is 18.2 Å². The Morgan fingerprint density at radius 3 is 2.36 bits per heavy atom. The molecule has 0 radical (unpaired) electrons. The summed E-state index contributed by atoms with van der Waals surface area (Å²) in [5, 5.41) is 11.1. The number of nitrogens with one attached hydrogen (secondary N) is 1. The Labute approximate surface area is 190 Å². The van der Waals surface area contributed by atoms with Crippen molar-refractivity contribution in [2.45, 2.75) is 6.42 Å². The third-order valence-electron chi connectivity index (χ3n) is 5.40. The minimum atomic E-state index is -0.400. The molecule has 2 aromatic carbocycles. The zero-order valence-corrected chi connectivity index (χ0v) is 17.7. The average Bonchev–Trinajstić information content (AvgIpc) is 3.52. The Hall–Kier alpha value is -4.46. The van der Waals surface area contributed by atoms with Crippen molar-refractivity contribution >= 4 is 23.2 Å². The van der Waals surface area contributed by atoms with Gasteiger partial charge >= 0.3 is 0 Å². The minimum Gasteiger partial charge on any atom is -0.438 e. The molecule has 33 heavy (non-hydrogen) atoms. The van der Waals surface area contributed by atoms with Crippen LogP contribution in [0.15, 0.2) is 91.3 Å². The first-order valence-corrected chi connectivity index (χ1v) is 10.6. The Morgan fingerprint density at radius 2 is 1.67 bits per heavy atom. The van der Waals surface area contributed by atoms with E-state index < -0.39 is 5.92 Å². The van der Waals surface area contributed by atoms with Gasteiger partial charge in [-0.05, 0) is 54.6 Å². The van der Waals surface area contributed by atoms with Crippen LogP contribution in [0.2, 0.25) is 0 Å². The van der Waals surface area contributed by atoms with Crippen LogP contribution < -0.4 is 15.0 Å². The molecule has 3 heterocycles. The number of hydrogen-bond donors (Lipinski definition) is 1. The molecule has 5 rings (SSSR count). The maximum absolute atomic E-state index is 12.7. The van der Waals surface area contributed by atoms with Crippen LogP contribution in [0.1, 0.15) is 6.42 Å². The van der Waals surface area contributed by atoms with Crippen LogP contribution in [0, 0.1) is 5.92 Å². The molecule has 1 aliphatic rings. The zero-order chi connectivity index (χ0) is 22.6. The number of carbonyl (C=O) groups excluding carboxylic acids is 2. The predicted molar refractivity (Wildman–Crippen MR) is 123 cm³/mol. The molecule has 4 aromatic rings. The first-order valence-electron chi connectivity index (χ1n) is 10.6. The fourth-order valence-corrected chi connectivity index (χ4v) is 3.70. The molecule has 2 amide bonds. The molecule has 1 atom stereocenters. The standard InChI is InChI=1S/C25H21N5O3/c31-24-16-18(17-30(24)20-6-2-1-3-7-20)25(32)26-19-8-10-21(11-9-19)33-23-13-12-22(27-28-23)29-14-4-5-15-29/h1-15,18H,16-17H2,(H,26,32). The molecule has 164 valence electrons. The average molecular weight is 439 g/mol. The van der Waals surface area contributed by atoms with Crippen molar-refractivity contribution in [1.82, 2.24) is 14.8 Å². The van der Waals surface area contributed by atoms with E-state index in [1.165, 1.54) is 0 Å². The Bertz CT molecular complexity index is 1240. The van der Waals surface area contributed by atoms with Gasteiger partial charge in [-0.3, -0.25) is 9.59 Å². The second-order valence-electron chi connectivity index (χ2n) is 7.68. The second-order valence-corrected chi connectivity index (χ2v) is 7.68. The molecule has 2 aromatic heterocycles. The van der Waals surface area contributed by atoms with Crippen molar-refractivity contribution in [2.24, 2.45) is 5.92 Å². The van der Waals surface area contributed by atoms with E-state index in [4.69, 9.17) is 4.74 Å². The van der Waals surface area contributed by atoms with Crippen LogP contribution in [0.4, 0.5) is 11.4 Å². The van der Waals surface area contributed by atoms with Crippen LogP contribution >= 0.6 is 0 Å². The molecule has 1 saturated heterocycles. The van der Waals surface area contributed by atoms with E-state index in [2.05, 4.69) is 15.5 Å². The highest BCUT2D eigenvalue weighted by atomic mass is 16.5. The molecular formula is C25H21N5O3. The van der Waals surface area contributed by atoms with Crippen molar-refractivity contribution in [3.05, 3.63) is 91.3 Å². The van der Waals surface area contributed by atoms with E-state index in [1.807, 2.05) is 65.5 Å². The highest BCUT2D eigenvalue weighted by Gasteiger charge is 2.35. The minimum absolute atomic E-state index is 0.0472. The number of carbonyl (C=O) groups is 2. The number of rotatable bonds is 6. The van der Waals surface area contributed by atoms with Gasteiger partial charge in [-0.1, -0.05) is 18.2 Å². The van der Waals surface area contributed by atoms with Gasteiger partial charge in [0.25, 0.3) is 0 Å². The molecule has 1 fully saturated rings. The molecule has 1 unspecified atom stereocenters. The molecule has 8 heteroatoms. The molecule has 1 N–H and O–H groups in total. The number of anilines is 2. The van der Waals surface area contributed by atoms with Gasteiger partial charge in [0, 0.05) is 42.8 Å². The van der Waals surface area contributed by atoms with Crippen LogP contribution in [0.25, 0.3) is 5.82 Å². The van der Waals surface area contributed by atoms with Gasteiger partial charge in [-0.2, -0.15) is 0 Å². The summed E-state index contributed by atoms with van der Waals surface area (Å²) in [6.45, 7) is 0.369. The summed E-state index contributed by atoms with van der Waals surface area (Å²) < 4.78 is 7.59. The van der Waals surface area contributed by atoms with Crippen LogP contribution in [-0.2, 0) is 9.59 Å². The summed E-state index contributed by atoms with van der Waals surface area (Å²) in [5.41, 5.74) is 1.44. The Kier molecular flexibility index (Phi) is 5.55. The van der Waals surface area contributed by atoms with Gasteiger partial charge in [0.1, 0.15) is 5.75 Å². The number of aromatic nitrogens is 3. The largest absolute Gasteiger partial charge is 0.438 e. The first-order chi connectivity index (χ1) is 16.2. The van der Waals surface area contributed by atoms with E-state index in [0.717, 1.165) is 5.69 Å². The molecule has 0 bridgehead atoms. The van der Waals surface area contributed by atoms with Crippen molar-refractivity contribution in [2.75, 3.05) is 16.8 Å². The van der Waals surface area contributed by atoms with E-state index >= 15 is 0 Å². The van der Waals surface area contributed by atoms with Crippen molar-refractivity contribution in [1.29, 1.82) is 0 Å². The molecular weight excluding hydrogens is 418 g/mol. The number of benzene rings is 2. The molecule has 0 spiro atoms. The SMILES string of the molecule is O=C(Nc1ccc(Oc2ccc(-n3cccc3)nn2)cc1)C1CC(=O)N(c2ccccc2)C1. The molecule has 0 aliphatic carbocycles. The van der Waals surface area contributed by atoms with Gasteiger partial charge in [0.15, 0.2) is 5.82 Å². The fraction of sp³-hybridized carbons (Fsp3) is 0.120. The quantitative estimate of drug-likeness (QED) is 0.490. The van der Waals surface area contributed by atoms with Gasteiger partial charge in [0.05, 0.1) is 5.92 Å². The van der Waals surface area contributed by atoms with E-state index in [9.17, 15) is 9.59 Å². The number of amides is 2. The normalized spacial score (nSPS) is 15.5. The first kappa shape index (κ1) is 20.4. The zero-order valence-electron chi connectivity index (χ0n) is 17.7. The van der Waals surface area contributed by atoms with Crippen LogP contribution in [0.3, 0.4) is 0 Å². The second kappa shape index (κ2) is 8.96. The van der Waals surface area contributed by atoms with Crippen LogP contribution in [-0.4, -0.2) is 33.1 Å². The van der Waals surface area contributed by atoms with E-state index in [1.54, 1.807) is 35.2 Å². The fourth-order valence-electron chi connectivity index (χ4n) is 3.70. The topological polar surface area (TPSA) is 89.3 Å². The molecule has 8 nitrogen and oxygen atoms in total. The highest BCUT2D eigenvalue weighted by Crippen LogP contribution is 2.27. The summed E-state index contributed by atoms with van der Waals surface area (Å²) >= 11 is 0. The Balaban J connectivity index is 1.18. The lowest BCUT2D eigenvalue weighted by molar-refractivity contribution is -0.122.